The Kier molecular flexibility index (Phi) is 3.09. The van der Waals surface area contributed by atoms with E-state index in [4.69, 9.17) is 4.74 Å². The smallest absolute Gasteiger partial charge is 0.410 e. The third-order valence-corrected chi connectivity index (χ3v) is 2.70. The summed E-state index contributed by atoms with van der Waals surface area (Å²) in [4.78, 5) is 17.8. The summed E-state index contributed by atoms with van der Waals surface area (Å²) < 4.78 is 7.46. The third-order valence-electron chi connectivity index (χ3n) is 2.70. The van der Waals surface area contributed by atoms with E-state index >= 15 is 0 Å². The minimum atomic E-state index is -0.430. The predicted octanol–water partition coefficient (Wildman–Crippen LogP) is 1.68. The first-order chi connectivity index (χ1) is 7.96. The number of aromatic nitrogens is 2. The molecule has 2 rings (SSSR count). The van der Waals surface area contributed by atoms with E-state index < -0.39 is 5.60 Å². The van der Waals surface area contributed by atoms with Gasteiger partial charge in [-0.25, -0.2) is 9.78 Å². The van der Waals surface area contributed by atoms with Gasteiger partial charge in [-0.05, 0) is 20.8 Å². The zero-order chi connectivity index (χ0) is 12.5. The molecule has 1 aromatic heterocycles. The molecule has 0 unspecified atom stereocenters. The predicted molar refractivity (Wildman–Crippen MR) is 63.7 cm³/mol. The fraction of sp³-hybridized carbons (Fsp3) is 0.667. The average Bonchev–Trinajstić information content (AvgIpc) is 2.54. The second-order valence-electron chi connectivity index (χ2n) is 5.30. The standard InChI is InChI=1S/C12H19N3O2/c1-12(2,3)17-11(16)14-5-4-10-8-13-9-15(10)7-6-14/h8-9H,4-7H2,1-3H3. The van der Waals surface area contributed by atoms with E-state index in [1.165, 1.54) is 5.69 Å². The van der Waals surface area contributed by atoms with Crippen molar-refractivity contribution >= 4 is 6.09 Å². The van der Waals surface area contributed by atoms with Gasteiger partial charge in [-0.2, -0.15) is 0 Å². The van der Waals surface area contributed by atoms with Gasteiger partial charge >= 0.3 is 6.09 Å². The van der Waals surface area contributed by atoms with Crippen LogP contribution in [0.3, 0.4) is 0 Å². The highest BCUT2D eigenvalue weighted by atomic mass is 16.6. The molecule has 0 aliphatic carbocycles. The summed E-state index contributed by atoms with van der Waals surface area (Å²) in [5, 5.41) is 0. The van der Waals surface area contributed by atoms with Crippen LogP contribution in [-0.4, -0.2) is 39.2 Å². The van der Waals surface area contributed by atoms with Crippen molar-refractivity contribution in [3.05, 3.63) is 18.2 Å². The van der Waals surface area contributed by atoms with E-state index in [9.17, 15) is 4.79 Å². The van der Waals surface area contributed by atoms with Crippen LogP contribution in [0.25, 0.3) is 0 Å². The van der Waals surface area contributed by atoms with E-state index in [1.54, 1.807) is 4.90 Å². The molecule has 0 fully saturated rings. The van der Waals surface area contributed by atoms with E-state index in [1.807, 2.05) is 33.3 Å². The van der Waals surface area contributed by atoms with Crippen LogP contribution in [-0.2, 0) is 17.7 Å². The van der Waals surface area contributed by atoms with Crippen molar-refractivity contribution in [1.29, 1.82) is 0 Å². The van der Waals surface area contributed by atoms with Crippen molar-refractivity contribution in [2.24, 2.45) is 0 Å². The van der Waals surface area contributed by atoms with Crippen LogP contribution in [0.4, 0.5) is 4.79 Å². The number of carbonyl (C=O) groups is 1. The van der Waals surface area contributed by atoms with Gasteiger partial charge in [-0.15, -0.1) is 0 Å². The highest BCUT2D eigenvalue weighted by Crippen LogP contribution is 2.13. The molecule has 5 heteroatoms. The minimum absolute atomic E-state index is 0.226. The third kappa shape index (κ3) is 2.99. The molecule has 0 saturated carbocycles. The van der Waals surface area contributed by atoms with Crippen molar-refractivity contribution in [2.45, 2.75) is 39.3 Å². The van der Waals surface area contributed by atoms with Gasteiger partial charge in [0.1, 0.15) is 5.60 Å². The topological polar surface area (TPSA) is 47.4 Å². The first-order valence-electron chi connectivity index (χ1n) is 5.93. The number of imidazole rings is 1. The average molecular weight is 237 g/mol. The van der Waals surface area contributed by atoms with Gasteiger partial charge < -0.3 is 14.2 Å². The van der Waals surface area contributed by atoms with Gasteiger partial charge in [0.25, 0.3) is 0 Å². The maximum absolute atomic E-state index is 11.9. The number of carbonyl (C=O) groups excluding carboxylic acids is 1. The largest absolute Gasteiger partial charge is 0.444 e. The van der Waals surface area contributed by atoms with Crippen molar-refractivity contribution in [1.82, 2.24) is 14.5 Å². The maximum atomic E-state index is 11.9. The Morgan fingerprint density at radius 3 is 2.82 bits per heavy atom. The Morgan fingerprint density at radius 2 is 2.12 bits per heavy atom. The lowest BCUT2D eigenvalue weighted by atomic mass is 10.2. The molecular formula is C12H19N3O2. The monoisotopic (exact) mass is 237 g/mol. The quantitative estimate of drug-likeness (QED) is 0.689. The first kappa shape index (κ1) is 12.0. The van der Waals surface area contributed by atoms with Crippen LogP contribution in [0, 0.1) is 0 Å². The minimum Gasteiger partial charge on any atom is -0.444 e. The number of hydrogen-bond acceptors (Lipinski definition) is 3. The van der Waals surface area contributed by atoms with Crippen molar-refractivity contribution in [2.75, 3.05) is 13.1 Å². The Hall–Kier alpha value is -1.52. The van der Waals surface area contributed by atoms with Gasteiger partial charge in [0.2, 0.25) is 0 Å². The number of rotatable bonds is 0. The fourth-order valence-electron chi connectivity index (χ4n) is 1.86. The molecule has 0 spiro atoms. The van der Waals surface area contributed by atoms with Crippen molar-refractivity contribution in [3.8, 4) is 0 Å². The summed E-state index contributed by atoms with van der Waals surface area (Å²) in [5.41, 5.74) is 0.747. The van der Waals surface area contributed by atoms with Gasteiger partial charge in [0, 0.05) is 37.9 Å². The molecule has 1 aliphatic heterocycles. The number of fused-ring (bicyclic) bond motifs is 1. The van der Waals surface area contributed by atoms with Crippen molar-refractivity contribution < 1.29 is 9.53 Å². The molecule has 1 amide bonds. The molecule has 0 aromatic carbocycles. The number of nitrogens with zero attached hydrogens (tertiary/aromatic N) is 3. The molecule has 94 valence electrons. The molecule has 1 aliphatic rings. The van der Waals surface area contributed by atoms with Crippen LogP contribution in [0.2, 0.25) is 0 Å². The molecule has 5 nitrogen and oxygen atoms in total. The molecule has 1 aromatic rings. The zero-order valence-electron chi connectivity index (χ0n) is 10.6. The van der Waals surface area contributed by atoms with Gasteiger partial charge in [0.15, 0.2) is 0 Å². The SMILES string of the molecule is CC(C)(C)OC(=O)N1CCc2cncn2CC1. The Bertz CT molecular complexity index is 384. The summed E-state index contributed by atoms with van der Waals surface area (Å²) in [6.07, 6.45) is 4.28. The summed E-state index contributed by atoms with van der Waals surface area (Å²) in [6, 6.07) is 0. The van der Waals surface area contributed by atoms with Crippen LogP contribution in [0.1, 0.15) is 26.5 Å². The lowest BCUT2D eigenvalue weighted by molar-refractivity contribution is 0.0254. The molecule has 0 N–H and O–H groups in total. The van der Waals surface area contributed by atoms with E-state index in [0.29, 0.717) is 13.1 Å². The second-order valence-corrected chi connectivity index (χ2v) is 5.30. The number of hydrogen-bond donors (Lipinski definition) is 0. The molecule has 0 atom stereocenters. The van der Waals surface area contributed by atoms with Gasteiger partial charge in [-0.3, -0.25) is 0 Å². The summed E-state index contributed by atoms with van der Waals surface area (Å²) in [5.74, 6) is 0. The summed E-state index contributed by atoms with van der Waals surface area (Å²) >= 11 is 0. The molecule has 2 heterocycles. The second kappa shape index (κ2) is 4.39. The number of amides is 1. The Morgan fingerprint density at radius 1 is 1.35 bits per heavy atom. The van der Waals surface area contributed by atoms with E-state index in [0.717, 1.165) is 13.0 Å². The summed E-state index contributed by atoms with van der Waals surface area (Å²) in [6.45, 7) is 7.82. The van der Waals surface area contributed by atoms with Gasteiger partial charge in [-0.1, -0.05) is 0 Å². The zero-order valence-corrected chi connectivity index (χ0v) is 10.6. The molecular weight excluding hydrogens is 218 g/mol. The normalized spacial score (nSPS) is 16.3. The Balaban J connectivity index is 1.97. The molecule has 0 bridgehead atoms. The van der Waals surface area contributed by atoms with Crippen LogP contribution < -0.4 is 0 Å². The maximum Gasteiger partial charge on any atom is 0.410 e. The van der Waals surface area contributed by atoms with Crippen molar-refractivity contribution in [3.63, 3.8) is 0 Å². The highest BCUT2D eigenvalue weighted by Gasteiger charge is 2.23. The molecule has 0 saturated heterocycles. The van der Waals surface area contributed by atoms with Crippen LogP contribution in [0.15, 0.2) is 12.5 Å². The number of ether oxygens (including phenoxy) is 1. The van der Waals surface area contributed by atoms with E-state index in [2.05, 4.69) is 9.55 Å². The molecule has 0 radical (unpaired) electrons. The van der Waals surface area contributed by atoms with E-state index in [-0.39, 0.29) is 6.09 Å². The lowest BCUT2D eigenvalue weighted by Gasteiger charge is -2.26. The van der Waals surface area contributed by atoms with Crippen LogP contribution >= 0.6 is 0 Å². The lowest BCUT2D eigenvalue weighted by Crippen LogP contribution is -2.38. The first-order valence-corrected chi connectivity index (χ1v) is 5.93. The van der Waals surface area contributed by atoms with Crippen LogP contribution in [0.5, 0.6) is 0 Å². The molecule has 17 heavy (non-hydrogen) atoms. The van der Waals surface area contributed by atoms with Gasteiger partial charge in [0.05, 0.1) is 6.33 Å². The highest BCUT2D eigenvalue weighted by molar-refractivity contribution is 5.68. The fourth-order valence-corrected chi connectivity index (χ4v) is 1.86. The summed E-state index contributed by atoms with van der Waals surface area (Å²) in [7, 11) is 0. The Labute approximate surface area is 101 Å².